The number of amidine groups is 2. The Morgan fingerprint density at radius 3 is 2.11 bits per heavy atom. The fraction of sp³-hybridized carbons (Fsp3) is 0.333. The summed E-state index contributed by atoms with van der Waals surface area (Å²) in [7, 11) is 1.73. The van der Waals surface area contributed by atoms with E-state index in [0.29, 0.717) is 17.6 Å². The summed E-state index contributed by atoms with van der Waals surface area (Å²) in [4.78, 5) is 9.12. The van der Waals surface area contributed by atoms with Crippen molar-refractivity contribution >= 4 is 22.4 Å². The second-order valence-electron chi connectivity index (χ2n) is 13.1. The summed E-state index contributed by atoms with van der Waals surface area (Å²) in [5.41, 5.74) is 10.6. The molecule has 0 aromatic heterocycles. The third-order valence-corrected chi connectivity index (χ3v) is 10.1. The van der Waals surface area contributed by atoms with Gasteiger partial charge in [0.15, 0.2) is 5.84 Å². The van der Waals surface area contributed by atoms with Crippen LogP contribution in [0, 0.1) is 5.92 Å². The Hall–Kier alpha value is -4.48. The van der Waals surface area contributed by atoms with E-state index in [2.05, 4.69) is 107 Å². The second-order valence-corrected chi connectivity index (χ2v) is 13.1. The Kier molecular flexibility index (Phi) is 10.5. The fourth-order valence-corrected chi connectivity index (χ4v) is 6.23. The number of allylic oxidation sites excluding steroid dienone is 2. The first-order valence-corrected chi connectivity index (χ1v) is 16.8. The Bertz CT molecular complexity index is 1790. The van der Waals surface area contributed by atoms with Crippen LogP contribution in [0.25, 0.3) is 10.8 Å². The highest BCUT2D eigenvalue weighted by Crippen LogP contribution is 2.42. The van der Waals surface area contributed by atoms with Gasteiger partial charge < -0.3 is 15.2 Å². The first kappa shape index (κ1) is 33.9. The highest BCUT2D eigenvalue weighted by atomic mass is 16.5. The van der Waals surface area contributed by atoms with Crippen LogP contribution in [0.2, 0.25) is 0 Å². The van der Waals surface area contributed by atoms with Crippen molar-refractivity contribution in [3.63, 3.8) is 0 Å². The van der Waals surface area contributed by atoms with Crippen LogP contribution >= 0.6 is 0 Å². The average Bonchev–Trinajstić information content (AvgIpc) is 3.10. The molecular weight excluding hydrogens is 578 g/mol. The Morgan fingerprint density at radius 1 is 0.872 bits per heavy atom. The number of hydrogen-bond donors (Lipinski definition) is 1. The van der Waals surface area contributed by atoms with E-state index in [0.717, 1.165) is 52.7 Å². The molecule has 1 aliphatic carbocycles. The van der Waals surface area contributed by atoms with Crippen molar-refractivity contribution < 1.29 is 9.47 Å². The molecule has 0 saturated heterocycles. The molecule has 0 saturated carbocycles. The van der Waals surface area contributed by atoms with E-state index >= 15 is 0 Å². The molecule has 0 spiro atoms. The second kappa shape index (κ2) is 14.5. The fourth-order valence-electron chi connectivity index (χ4n) is 6.23. The van der Waals surface area contributed by atoms with Crippen molar-refractivity contribution in [2.75, 3.05) is 7.05 Å². The molecule has 5 rings (SSSR count). The van der Waals surface area contributed by atoms with E-state index in [9.17, 15) is 0 Å². The number of ether oxygens (including phenoxy) is 2. The molecule has 0 fully saturated rings. The molecule has 5 nitrogen and oxygen atoms in total. The molecule has 2 unspecified atom stereocenters. The van der Waals surface area contributed by atoms with Crippen molar-refractivity contribution in [1.82, 2.24) is 0 Å². The first-order chi connectivity index (χ1) is 22.6. The normalized spacial score (nSPS) is 17.1. The van der Waals surface area contributed by atoms with E-state index in [1.807, 2.05) is 48.5 Å². The Morgan fingerprint density at radius 2 is 1.51 bits per heavy atom. The predicted molar refractivity (Wildman–Crippen MR) is 198 cm³/mol. The van der Waals surface area contributed by atoms with Gasteiger partial charge in [-0.05, 0) is 90.4 Å². The maximum absolute atomic E-state index is 6.49. The molecule has 47 heavy (non-hydrogen) atoms. The summed E-state index contributed by atoms with van der Waals surface area (Å²) in [6.07, 6.45) is 9.93. The molecule has 244 valence electrons. The van der Waals surface area contributed by atoms with Gasteiger partial charge in [-0.2, -0.15) is 0 Å². The zero-order valence-electron chi connectivity index (χ0n) is 29.0. The number of aliphatic imine (C=N–C) groups is 2. The van der Waals surface area contributed by atoms with Crippen molar-refractivity contribution in [3.05, 3.63) is 131 Å². The standard InChI is InChI=1S/C42H49N3O2/c1-8-41(5,9-2)47-36-27-21-33(22-28-36)42(6,29(3)4)32-19-25-35(26-20-32)46-34-23-17-31(18-24-34)40(44-7)45-39(43)38-16-12-14-30-13-10-11-15-37(30)38/h10-27,29,36H,8-9,28H2,1-7H3,(H2,43,44,45). The number of nitrogens with zero attached hydrogens (tertiary/aromatic N) is 2. The molecule has 4 aromatic rings. The molecule has 0 bridgehead atoms. The largest absolute Gasteiger partial charge is 0.457 e. The number of fused-ring (bicyclic) bond motifs is 1. The Balaban J connectivity index is 1.28. The van der Waals surface area contributed by atoms with Gasteiger partial charge in [-0.15, -0.1) is 0 Å². The summed E-state index contributed by atoms with van der Waals surface area (Å²) < 4.78 is 12.7. The van der Waals surface area contributed by atoms with Crippen LogP contribution in [0.4, 0.5) is 0 Å². The molecule has 0 heterocycles. The van der Waals surface area contributed by atoms with Crippen LogP contribution in [0.1, 0.15) is 77.5 Å². The lowest BCUT2D eigenvalue weighted by molar-refractivity contribution is -0.0673. The molecule has 0 amide bonds. The minimum Gasteiger partial charge on any atom is -0.457 e. The summed E-state index contributed by atoms with van der Waals surface area (Å²) in [5.74, 6) is 2.92. The predicted octanol–water partition coefficient (Wildman–Crippen LogP) is 10.2. The third kappa shape index (κ3) is 7.41. The van der Waals surface area contributed by atoms with Gasteiger partial charge in [-0.1, -0.05) is 107 Å². The van der Waals surface area contributed by atoms with Crippen LogP contribution in [-0.2, 0) is 10.2 Å². The van der Waals surface area contributed by atoms with E-state index in [1.165, 1.54) is 11.1 Å². The summed E-state index contributed by atoms with van der Waals surface area (Å²) in [6.45, 7) is 13.5. The number of rotatable bonds is 11. The highest BCUT2D eigenvalue weighted by Gasteiger charge is 2.35. The molecule has 1 aliphatic rings. The molecule has 0 radical (unpaired) electrons. The van der Waals surface area contributed by atoms with Gasteiger partial charge in [0.2, 0.25) is 0 Å². The van der Waals surface area contributed by atoms with Crippen molar-refractivity contribution in [2.45, 2.75) is 77.9 Å². The minimum atomic E-state index is -0.134. The van der Waals surface area contributed by atoms with E-state index in [1.54, 1.807) is 7.05 Å². The van der Waals surface area contributed by atoms with Gasteiger partial charge in [0, 0.05) is 23.6 Å². The molecule has 2 N–H and O–H groups in total. The van der Waals surface area contributed by atoms with Crippen molar-refractivity contribution in [2.24, 2.45) is 21.6 Å². The van der Waals surface area contributed by atoms with Crippen LogP contribution in [0.15, 0.2) is 125 Å². The van der Waals surface area contributed by atoms with E-state index in [-0.39, 0.29) is 17.1 Å². The smallest absolute Gasteiger partial charge is 0.156 e. The maximum atomic E-state index is 6.49. The molecular formula is C42H49N3O2. The quantitative estimate of drug-likeness (QED) is 0.133. The van der Waals surface area contributed by atoms with Crippen LogP contribution in [0.5, 0.6) is 11.5 Å². The van der Waals surface area contributed by atoms with Gasteiger partial charge in [0.1, 0.15) is 17.3 Å². The zero-order valence-corrected chi connectivity index (χ0v) is 29.0. The Labute approximate surface area is 280 Å². The van der Waals surface area contributed by atoms with Crippen LogP contribution in [-0.4, -0.2) is 30.4 Å². The topological polar surface area (TPSA) is 69.2 Å². The van der Waals surface area contributed by atoms with Crippen molar-refractivity contribution in [1.29, 1.82) is 0 Å². The average molecular weight is 628 g/mol. The third-order valence-electron chi connectivity index (χ3n) is 10.1. The summed E-state index contributed by atoms with van der Waals surface area (Å²) in [6, 6.07) is 30.5. The zero-order chi connectivity index (χ0) is 33.6. The number of hydrogen-bond acceptors (Lipinski definition) is 3. The lowest BCUT2D eigenvalue weighted by Crippen LogP contribution is -2.34. The number of nitrogens with two attached hydrogens (primary N) is 1. The van der Waals surface area contributed by atoms with Gasteiger partial charge in [-0.3, -0.25) is 4.99 Å². The van der Waals surface area contributed by atoms with Gasteiger partial charge in [0.25, 0.3) is 0 Å². The molecule has 4 aromatic carbocycles. The van der Waals surface area contributed by atoms with E-state index in [4.69, 9.17) is 20.2 Å². The minimum absolute atomic E-state index is 0.0796. The lowest BCUT2D eigenvalue weighted by Gasteiger charge is -2.38. The maximum Gasteiger partial charge on any atom is 0.156 e. The number of benzene rings is 4. The highest BCUT2D eigenvalue weighted by molar-refractivity contribution is 6.15. The van der Waals surface area contributed by atoms with Crippen molar-refractivity contribution in [3.8, 4) is 11.5 Å². The molecule has 0 aliphatic heterocycles. The summed E-state index contributed by atoms with van der Waals surface area (Å²) in [5, 5.41) is 2.18. The van der Waals surface area contributed by atoms with Gasteiger partial charge in [0.05, 0.1) is 11.7 Å². The van der Waals surface area contributed by atoms with Crippen LogP contribution in [0.3, 0.4) is 0 Å². The first-order valence-electron chi connectivity index (χ1n) is 16.8. The lowest BCUT2D eigenvalue weighted by atomic mass is 9.67. The SMILES string of the molecule is CCC(C)(CC)OC1C=CC(C(C)(c2ccc(Oc3ccc(C(=NC)N=C(N)c4cccc5ccccc45)cc3)cc2)C(C)C)=CC1. The molecule has 2 atom stereocenters. The van der Waals surface area contributed by atoms with E-state index < -0.39 is 0 Å². The van der Waals surface area contributed by atoms with Crippen LogP contribution < -0.4 is 10.5 Å². The van der Waals surface area contributed by atoms with Gasteiger partial charge >= 0.3 is 0 Å². The molecule has 5 heteroatoms. The summed E-state index contributed by atoms with van der Waals surface area (Å²) >= 11 is 0. The monoisotopic (exact) mass is 627 g/mol. The van der Waals surface area contributed by atoms with Gasteiger partial charge in [-0.25, -0.2) is 4.99 Å².